The highest BCUT2D eigenvalue weighted by Gasteiger charge is 2.03. The zero-order valence-corrected chi connectivity index (χ0v) is 13.5. The third-order valence-electron chi connectivity index (χ3n) is 3.06. The second kappa shape index (κ2) is 8.86. The first kappa shape index (κ1) is 16.9. The minimum Gasteiger partial charge on any atom is -0.490 e. The Morgan fingerprint density at radius 1 is 1.09 bits per heavy atom. The summed E-state index contributed by atoms with van der Waals surface area (Å²) in [4.78, 5) is 11.3. The number of methoxy groups -OCH3 is 1. The lowest BCUT2D eigenvalue weighted by Crippen LogP contribution is -2.01. The molecular weight excluding hydrogens is 314 g/mol. The monoisotopic (exact) mass is 331 g/mol. The summed E-state index contributed by atoms with van der Waals surface area (Å²) in [5.74, 6) is 0.345. The van der Waals surface area contributed by atoms with Crippen molar-refractivity contribution in [2.75, 3.05) is 25.6 Å². The molecular formula is C18H18ClNO3. The number of ether oxygens (including phenoxy) is 2. The average molecular weight is 332 g/mol. The molecule has 0 aliphatic carbocycles. The summed E-state index contributed by atoms with van der Waals surface area (Å²) >= 11 is 5.82. The Morgan fingerprint density at radius 3 is 2.43 bits per heavy atom. The summed E-state index contributed by atoms with van der Waals surface area (Å²) in [5.41, 5.74) is 1.51. The number of halogens is 1. The fourth-order valence-corrected chi connectivity index (χ4v) is 1.97. The number of anilines is 1. The lowest BCUT2D eigenvalue weighted by Gasteiger charge is -2.05. The first-order valence-electron chi connectivity index (χ1n) is 7.14. The van der Waals surface area contributed by atoms with Gasteiger partial charge in [-0.1, -0.05) is 17.7 Å². The SMILES string of the molecule is COC(=O)c1ccc(OCC=CCNc2ccc(Cl)cc2)cc1. The Hall–Kier alpha value is -2.46. The van der Waals surface area contributed by atoms with Crippen molar-refractivity contribution < 1.29 is 14.3 Å². The molecule has 0 unspecified atom stereocenters. The van der Waals surface area contributed by atoms with E-state index in [1.165, 1.54) is 7.11 Å². The third kappa shape index (κ3) is 5.68. The summed E-state index contributed by atoms with van der Waals surface area (Å²) in [6.45, 7) is 1.16. The number of carbonyl (C=O) groups excluding carboxylic acids is 1. The summed E-state index contributed by atoms with van der Waals surface area (Å²) in [6.07, 6.45) is 3.91. The lowest BCUT2D eigenvalue weighted by atomic mass is 10.2. The molecule has 2 aromatic rings. The van der Waals surface area contributed by atoms with E-state index in [1.54, 1.807) is 24.3 Å². The second-order valence-electron chi connectivity index (χ2n) is 4.69. The van der Waals surface area contributed by atoms with Crippen molar-refractivity contribution in [3.8, 4) is 5.75 Å². The quantitative estimate of drug-likeness (QED) is 0.611. The molecule has 0 spiro atoms. The van der Waals surface area contributed by atoms with Crippen LogP contribution in [-0.2, 0) is 4.74 Å². The fourth-order valence-electron chi connectivity index (χ4n) is 1.85. The van der Waals surface area contributed by atoms with E-state index >= 15 is 0 Å². The van der Waals surface area contributed by atoms with Crippen LogP contribution in [0.15, 0.2) is 60.7 Å². The molecule has 2 rings (SSSR count). The molecule has 0 saturated carbocycles. The Labute approximate surface area is 140 Å². The van der Waals surface area contributed by atoms with E-state index in [4.69, 9.17) is 16.3 Å². The number of hydrogen-bond acceptors (Lipinski definition) is 4. The van der Waals surface area contributed by atoms with Gasteiger partial charge < -0.3 is 14.8 Å². The van der Waals surface area contributed by atoms with Gasteiger partial charge in [0.2, 0.25) is 0 Å². The molecule has 0 aliphatic rings. The van der Waals surface area contributed by atoms with E-state index < -0.39 is 0 Å². The molecule has 2 aromatic carbocycles. The van der Waals surface area contributed by atoms with E-state index in [1.807, 2.05) is 36.4 Å². The number of esters is 1. The van der Waals surface area contributed by atoms with Crippen LogP contribution in [0.5, 0.6) is 5.75 Å². The van der Waals surface area contributed by atoms with Gasteiger partial charge in [0.1, 0.15) is 12.4 Å². The van der Waals surface area contributed by atoms with Gasteiger partial charge >= 0.3 is 5.97 Å². The van der Waals surface area contributed by atoms with Crippen molar-refractivity contribution in [3.05, 3.63) is 71.3 Å². The standard InChI is InChI=1S/C18H18ClNO3/c1-22-18(21)14-4-10-17(11-5-14)23-13-3-2-12-20-16-8-6-15(19)7-9-16/h2-11,20H,12-13H2,1H3. The lowest BCUT2D eigenvalue weighted by molar-refractivity contribution is 0.0600. The van der Waals surface area contributed by atoms with Gasteiger partial charge in [0.05, 0.1) is 12.7 Å². The molecule has 5 heteroatoms. The van der Waals surface area contributed by atoms with Gasteiger partial charge in [-0.15, -0.1) is 0 Å². The maximum Gasteiger partial charge on any atom is 0.337 e. The van der Waals surface area contributed by atoms with Gasteiger partial charge in [0.15, 0.2) is 0 Å². The van der Waals surface area contributed by atoms with Crippen molar-refractivity contribution in [3.63, 3.8) is 0 Å². The maximum absolute atomic E-state index is 11.3. The van der Waals surface area contributed by atoms with Crippen molar-refractivity contribution in [1.29, 1.82) is 0 Å². The van der Waals surface area contributed by atoms with E-state index in [9.17, 15) is 4.79 Å². The van der Waals surface area contributed by atoms with Crippen LogP contribution in [0.4, 0.5) is 5.69 Å². The number of hydrogen-bond donors (Lipinski definition) is 1. The van der Waals surface area contributed by atoms with E-state index in [0.29, 0.717) is 24.5 Å². The second-order valence-corrected chi connectivity index (χ2v) is 5.12. The van der Waals surface area contributed by atoms with Crippen LogP contribution in [-0.4, -0.2) is 26.2 Å². The largest absolute Gasteiger partial charge is 0.490 e. The molecule has 23 heavy (non-hydrogen) atoms. The van der Waals surface area contributed by atoms with Crippen LogP contribution < -0.4 is 10.1 Å². The predicted octanol–water partition coefficient (Wildman–Crippen LogP) is 4.17. The average Bonchev–Trinajstić information content (AvgIpc) is 2.59. The first-order valence-corrected chi connectivity index (χ1v) is 7.52. The van der Waals surface area contributed by atoms with Gasteiger partial charge in [0, 0.05) is 17.3 Å². The van der Waals surface area contributed by atoms with Gasteiger partial charge in [-0.05, 0) is 54.6 Å². The van der Waals surface area contributed by atoms with Crippen molar-refractivity contribution in [2.24, 2.45) is 0 Å². The van der Waals surface area contributed by atoms with E-state index in [2.05, 4.69) is 10.1 Å². The zero-order valence-electron chi connectivity index (χ0n) is 12.8. The van der Waals surface area contributed by atoms with Gasteiger partial charge in [-0.2, -0.15) is 0 Å². The zero-order chi connectivity index (χ0) is 16.5. The summed E-state index contributed by atoms with van der Waals surface area (Å²) < 4.78 is 10.2. The Kier molecular flexibility index (Phi) is 6.51. The van der Waals surface area contributed by atoms with Gasteiger partial charge in [-0.3, -0.25) is 0 Å². The molecule has 0 aliphatic heterocycles. The number of rotatable bonds is 7. The van der Waals surface area contributed by atoms with Gasteiger partial charge in [-0.25, -0.2) is 4.79 Å². The molecule has 0 heterocycles. The van der Waals surface area contributed by atoms with Crippen LogP contribution >= 0.6 is 11.6 Å². The Bertz CT molecular complexity index is 651. The normalized spacial score (nSPS) is 10.5. The molecule has 4 nitrogen and oxygen atoms in total. The summed E-state index contributed by atoms with van der Waals surface area (Å²) in [5, 5.41) is 3.96. The smallest absolute Gasteiger partial charge is 0.337 e. The highest BCUT2D eigenvalue weighted by atomic mass is 35.5. The first-order chi connectivity index (χ1) is 11.2. The van der Waals surface area contributed by atoms with Gasteiger partial charge in [0.25, 0.3) is 0 Å². The van der Waals surface area contributed by atoms with E-state index in [0.717, 1.165) is 10.7 Å². The van der Waals surface area contributed by atoms with Crippen LogP contribution in [0.25, 0.3) is 0 Å². The maximum atomic E-state index is 11.3. The predicted molar refractivity (Wildman–Crippen MR) is 92.4 cm³/mol. The molecule has 0 atom stereocenters. The Balaban J connectivity index is 1.70. The van der Waals surface area contributed by atoms with Crippen molar-refractivity contribution in [2.45, 2.75) is 0 Å². The summed E-state index contributed by atoms with van der Waals surface area (Å²) in [7, 11) is 1.36. The number of carbonyl (C=O) groups is 1. The summed E-state index contributed by atoms with van der Waals surface area (Å²) in [6, 6.07) is 14.4. The van der Waals surface area contributed by atoms with Crippen LogP contribution in [0.2, 0.25) is 5.02 Å². The minimum absolute atomic E-state index is 0.357. The highest BCUT2D eigenvalue weighted by Crippen LogP contribution is 2.14. The molecule has 0 radical (unpaired) electrons. The molecule has 0 saturated heterocycles. The van der Waals surface area contributed by atoms with Crippen LogP contribution in [0, 0.1) is 0 Å². The molecule has 0 aromatic heterocycles. The molecule has 0 amide bonds. The van der Waals surface area contributed by atoms with Crippen LogP contribution in [0.3, 0.4) is 0 Å². The molecule has 1 N–H and O–H groups in total. The Morgan fingerprint density at radius 2 is 1.78 bits per heavy atom. The molecule has 120 valence electrons. The minimum atomic E-state index is -0.357. The number of nitrogens with one attached hydrogen (secondary N) is 1. The fraction of sp³-hybridized carbons (Fsp3) is 0.167. The highest BCUT2D eigenvalue weighted by molar-refractivity contribution is 6.30. The third-order valence-corrected chi connectivity index (χ3v) is 3.31. The molecule has 0 bridgehead atoms. The number of benzene rings is 2. The molecule has 0 fully saturated rings. The van der Waals surface area contributed by atoms with Crippen LogP contribution in [0.1, 0.15) is 10.4 Å². The topological polar surface area (TPSA) is 47.6 Å². The van der Waals surface area contributed by atoms with Crippen molar-refractivity contribution >= 4 is 23.3 Å². The van der Waals surface area contributed by atoms with E-state index in [-0.39, 0.29) is 5.97 Å². The van der Waals surface area contributed by atoms with Crippen molar-refractivity contribution in [1.82, 2.24) is 0 Å².